The molecule has 5 rings (SSSR count). The Morgan fingerprint density at radius 3 is 2.60 bits per heavy atom. The number of nitriles is 1. The molecule has 0 fully saturated rings. The Kier molecular flexibility index (Phi) is 10.2. The van der Waals surface area contributed by atoms with E-state index in [1.165, 1.54) is 58.2 Å². The molecule has 0 radical (unpaired) electrons. The number of ether oxygens (including phenoxy) is 2. The van der Waals surface area contributed by atoms with Crippen LogP contribution < -0.4 is 9.47 Å². The van der Waals surface area contributed by atoms with Gasteiger partial charge in [0.05, 0.1) is 28.0 Å². The van der Waals surface area contributed by atoms with E-state index in [0.29, 0.717) is 33.6 Å². The highest BCUT2D eigenvalue weighted by Gasteiger charge is 2.43. The number of aromatic nitrogens is 4. The number of para-hydroxylation sites is 1. The lowest BCUT2D eigenvalue weighted by Gasteiger charge is -2.32. The van der Waals surface area contributed by atoms with Gasteiger partial charge in [0.25, 0.3) is 6.33 Å². The van der Waals surface area contributed by atoms with Crippen LogP contribution in [0.25, 0.3) is 11.3 Å². The van der Waals surface area contributed by atoms with Crippen molar-refractivity contribution < 1.29 is 37.5 Å². The summed E-state index contributed by atoms with van der Waals surface area (Å²) in [6, 6.07) is 18.9. The summed E-state index contributed by atoms with van der Waals surface area (Å²) in [5.41, 5.74) is 0.905. The normalized spacial score (nSPS) is 12.9. The fourth-order valence-corrected chi connectivity index (χ4v) is 6.03. The number of aliphatic hydroxyl groups is 1. The Labute approximate surface area is 278 Å². The molecule has 0 saturated heterocycles. The summed E-state index contributed by atoms with van der Waals surface area (Å²) in [5, 5.41) is 27.9. The van der Waals surface area contributed by atoms with Gasteiger partial charge in [0, 0.05) is 53.1 Å². The third kappa shape index (κ3) is 7.54. The highest BCUT2D eigenvalue weighted by atomic mass is 32.1. The lowest BCUT2D eigenvalue weighted by molar-refractivity contribution is -0.727. The number of hydrogen-bond acceptors (Lipinski definition) is 9. The summed E-state index contributed by atoms with van der Waals surface area (Å²) in [6.07, 6.45) is 2.16. The minimum Gasteiger partial charge on any atom is -0.461 e. The van der Waals surface area contributed by atoms with Crippen molar-refractivity contribution in [3.05, 3.63) is 118 Å². The summed E-state index contributed by atoms with van der Waals surface area (Å²) in [7, 11) is 1.52. The third-order valence-corrected chi connectivity index (χ3v) is 8.77. The predicted molar refractivity (Wildman–Crippen MR) is 170 cm³/mol. The predicted octanol–water partition coefficient (Wildman–Crippen LogP) is 5.43. The van der Waals surface area contributed by atoms with Crippen LogP contribution in [0.3, 0.4) is 0 Å². The molecule has 1 N–H and O–H groups in total. The monoisotopic (exact) mass is 673 g/mol. The number of carbonyl (C=O) groups is 2. The molecule has 11 nitrogen and oxygen atoms in total. The Bertz CT molecular complexity index is 1980. The number of thiazole rings is 1. The van der Waals surface area contributed by atoms with Gasteiger partial charge in [-0.25, -0.2) is 23.1 Å². The van der Waals surface area contributed by atoms with Crippen LogP contribution >= 0.6 is 11.3 Å². The zero-order chi connectivity index (χ0) is 34.4. The van der Waals surface area contributed by atoms with Crippen LogP contribution in [0.5, 0.6) is 0 Å². The fraction of sp³-hybridized carbons (Fsp3) is 0.235. The first kappa shape index (κ1) is 33.8. The molecule has 0 unspecified atom stereocenters. The maximum atomic E-state index is 15.2. The summed E-state index contributed by atoms with van der Waals surface area (Å²) in [6.45, 7) is 2.47. The quantitative estimate of drug-likeness (QED) is 0.145. The molecule has 0 aliphatic rings. The van der Waals surface area contributed by atoms with E-state index in [1.807, 2.05) is 0 Å². The van der Waals surface area contributed by atoms with Crippen LogP contribution in [0.1, 0.15) is 41.5 Å². The maximum Gasteiger partial charge on any atom is 0.416 e. The minimum atomic E-state index is -1.94. The molecule has 0 aliphatic carbocycles. The van der Waals surface area contributed by atoms with Crippen LogP contribution in [0.4, 0.5) is 19.3 Å². The van der Waals surface area contributed by atoms with E-state index in [9.17, 15) is 19.1 Å². The number of hydrogen-bond donors (Lipinski definition) is 1. The van der Waals surface area contributed by atoms with Gasteiger partial charge >= 0.3 is 12.1 Å². The molecule has 1 amide bonds. The van der Waals surface area contributed by atoms with E-state index in [0.717, 1.165) is 11.6 Å². The topological polar surface area (TPSA) is 134 Å². The van der Waals surface area contributed by atoms with E-state index >= 15 is 4.39 Å². The third-order valence-electron chi connectivity index (χ3n) is 7.74. The van der Waals surface area contributed by atoms with Gasteiger partial charge in [0.15, 0.2) is 0 Å². The lowest BCUT2D eigenvalue weighted by atomic mass is 9.82. The first-order chi connectivity index (χ1) is 23.0. The van der Waals surface area contributed by atoms with Crippen molar-refractivity contribution >= 4 is 29.1 Å². The number of nitrogens with zero attached hydrogens (tertiary/aromatic N) is 6. The molecule has 0 bridgehead atoms. The molecular weight excluding hydrogens is 642 g/mol. The number of esters is 1. The number of carbonyl (C=O) groups excluding carboxylic acids is 2. The van der Waals surface area contributed by atoms with Gasteiger partial charge in [-0.05, 0) is 24.3 Å². The largest absolute Gasteiger partial charge is 0.461 e. The molecule has 0 saturated carbocycles. The number of rotatable bonds is 11. The van der Waals surface area contributed by atoms with Gasteiger partial charge in [-0.3, -0.25) is 9.69 Å². The van der Waals surface area contributed by atoms with Crippen molar-refractivity contribution in [2.75, 3.05) is 11.9 Å². The van der Waals surface area contributed by atoms with Crippen LogP contribution in [0, 0.1) is 23.0 Å². The van der Waals surface area contributed by atoms with Gasteiger partial charge in [-0.2, -0.15) is 5.26 Å². The second-order valence-corrected chi connectivity index (χ2v) is 11.9. The van der Waals surface area contributed by atoms with Gasteiger partial charge in [0.2, 0.25) is 13.1 Å². The highest BCUT2D eigenvalue weighted by molar-refractivity contribution is 7.10. The van der Waals surface area contributed by atoms with Gasteiger partial charge in [-0.1, -0.05) is 43.3 Å². The summed E-state index contributed by atoms with van der Waals surface area (Å²) >= 11 is 1.27. The van der Waals surface area contributed by atoms with E-state index in [4.69, 9.17) is 19.7 Å². The Balaban J connectivity index is 1.34. The molecule has 2 heterocycles. The van der Waals surface area contributed by atoms with E-state index < -0.39 is 35.2 Å². The molecule has 2 atom stereocenters. The van der Waals surface area contributed by atoms with E-state index in [-0.39, 0.29) is 25.4 Å². The Hall–Kier alpha value is -5.52. The van der Waals surface area contributed by atoms with Crippen LogP contribution in [0.2, 0.25) is 0 Å². The molecule has 5 aromatic rings. The summed E-state index contributed by atoms with van der Waals surface area (Å²) in [4.78, 5) is 30.1. The van der Waals surface area contributed by atoms with Gasteiger partial charge < -0.3 is 14.6 Å². The first-order valence-electron chi connectivity index (χ1n) is 14.7. The molecule has 3 aromatic carbocycles. The molecule has 0 spiro atoms. The number of anilines is 1. The van der Waals surface area contributed by atoms with Gasteiger partial charge in [-0.15, -0.1) is 16.0 Å². The average molecular weight is 674 g/mol. The smallest absolute Gasteiger partial charge is 0.416 e. The number of benzene rings is 3. The maximum absolute atomic E-state index is 15.2. The van der Waals surface area contributed by atoms with Crippen molar-refractivity contribution in [3.63, 3.8) is 0 Å². The van der Waals surface area contributed by atoms with Crippen molar-refractivity contribution in [1.29, 1.82) is 5.26 Å². The second kappa shape index (κ2) is 14.5. The van der Waals surface area contributed by atoms with E-state index in [1.54, 1.807) is 60.8 Å². The first-order valence-corrected chi connectivity index (χ1v) is 15.5. The average Bonchev–Trinajstić information content (AvgIpc) is 3.75. The fourth-order valence-electron chi connectivity index (χ4n) is 5.06. The zero-order valence-electron chi connectivity index (χ0n) is 26.2. The minimum absolute atomic E-state index is 0.0155. The molecule has 14 heteroatoms. The Morgan fingerprint density at radius 1 is 1.15 bits per heavy atom. The molecular formula is C34H31F2N6O5S+. The SMILES string of the molecule is CC(=O)OCc1ccccc1N(C)C(=O)OC[n+]1cnn(C[C@](O)(c2ccc(F)cc2F)[C@@H](C)c2nc(-c3ccc(C#N)cc3)cs2)c1. The lowest BCUT2D eigenvalue weighted by Crippen LogP contribution is -2.40. The molecule has 2 aromatic heterocycles. The standard InChI is InChI=1S/C34H31F2N6O5S/c1-22(32-39-30(17-48-32)25-10-8-24(15-37)9-11-25)34(45,28-13-12-27(35)14-29(28)36)18-42-20-41(19-38-42)21-47-33(44)40(3)31-7-5-4-6-26(31)16-46-23(2)43/h4-14,17,19-20,22,45H,16,18,21H2,1-3H3/q+1/t22-,34+/m0/s1. The van der Waals surface area contributed by atoms with Crippen molar-refractivity contribution in [2.24, 2.45) is 0 Å². The van der Waals surface area contributed by atoms with Gasteiger partial charge in [0.1, 0.15) is 30.4 Å². The molecule has 48 heavy (non-hydrogen) atoms. The van der Waals surface area contributed by atoms with E-state index in [2.05, 4.69) is 11.2 Å². The Morgan fingerprint density at radius 2 is 1.90 bits per heavy atom. The van der Waals surface area contributed by atoms with Crippen LogP contribution in [0.15, 0.2) is 84.8 Å². The van der Waals surface area contributed by atoms with Crippen molar-refractivity contribution in [2.45, 2.75) is 45.2 Å². The molecule has 0 aliphatic heterocycles. The number of halogens is 2. The summed E-state index contributed by atoms with van der Waals surface area (Å²) < 4.78 is 42.5. The zero-order valence-corrected chi connectivity index (χ0v) is 27.0. The molecule has 246 valence electrons. The van der Waals surface area contributed by atoms with Crippen LogP contribution in [-0.2, 0) is 39.8 Å². The highest BCUT2D eigenvalue weighted by Crippen LogP contribution is 2.41. The number of amides is 1. The van der Waals surface area contributed by atoms with Crippen molar-refractivity contribution in [1.82, 2.24) is 14.8 Å². The summed E-state index contributed by atoms with van der Waals surface area (Å²) in [5.74, 6) is -2.96. The van der Waals surface area contributed by atoms with Crippen LogP contribution in [-0.4, -0.2) is 39.0 Å². The van der Waals surface area contributed by atoms with Crippen molar-refractivity contribution in [3.8, 4) is 17.3 Å². The second-order valence-electron chi connectivity index (χ2n) is 11.0.